The minimum Gasteiger partial charge on any atom is -0.487 e. The first-order valence-corrected chi connectivity index (χ1v) is 7.08. The largest absolute Gasteiger partial charge is 0.487 e. The standard InChI is InChI=1S/C13H11Br2NO/c14-8-10-7-11(15)4-5-13(10)17-9-12-3-1-2-6-16-12/h1-7H,8-9H2. The average molecular weight is 357 g/mol. The zero-order chi connectivity index (χ0) is 12.1. The second-order valence-electron chi connectivity index (χ2n) is 3.50. The molecule has 0 bridgehead atoms. The molecule has 1 aromatic carbocycles. The van der Waals surface area contributed by atoms with Crippen LogP contribution in [0.4, 0.5) is 0 Å². The van der Waals surface area contributed by atoms with Gasteiger partial charge in [-0.05, 0) is 30.3 Å². The van der Waals surface area contributed by atoms with Crippen LogP contribution in [0.3, 0.4) is 0 Å². The molecule has 0 unspecified atom stereocenters. The normalized spacial score (nSPS) is 10.2. The Balaban J connectivity index is 2.09. The predicted molar refractivity (Wildman–Crippen MR) is 75.3 cm³/mol. The molecular weight excluding hydrogens is 346 g/mol. The molecule has 0 aliphatic carbocycles. The minimum atomic E-state index is 0.489. The van der Waals surface area contributed by atoms with E-state index in [4.69, 9.17) is 4.74 Å². The van der Waals surface area contributed by atoms with Crippen LogP contribution in [0.1, 0.15) is 11.3 Å². The highest BCUT2D eigenvalue weighted by Gasteiger charge is 2.04. The van der Waals surface area contributed by atoms with Gasteiger partial charge in [0.1, 0.15) is 12.4 Å². The lowest BCUT2D eigenvalue weighted by Gasteiger charge is -2.10. The summed E-state index contributed by atoms with van der Waals surface area (Å²) in [5.74, 6) is 0.885. The third-order valence-corrected chi connectivity index (χ3v) is 3.37. The molecule has 0 aliphatic rings. The quantitative estimate of drug-likeness (QED) is 0.761. The number of hydrogen-bond acceptors (Lipinski definition) is 2. The Labute approximate surface area is 117 Å². The molecule has 0 atom stereocenters. The summed E-state index contributed by atoms with van der Waals surface area (Å²) in [6, 6.07) is 11.8. The van der Waals surface area contributed by atoms with Crippen molar-refractivity contribution >= 4 is 31.9 Å². The molecule has 2 aromatic rings. The van der Waals surface area contributed by atoms with Gasteiger partial charge in [0, 0.05) is 21.6 Å². The van der Waals surface area contributed by atoms with Gasteiger partial charge in [0.05, 0.1) is 5.69 Å². The number of ether oxygens (including phenoxy) is 1. The van der Waals surface area contributed by atoms with Crippen LogP contribution in [0.2, 0.25) is 0 Å². The molecule has 2 nitrogen and oxygen atoms in total. The van der Waals surface area contributed by atoms with E-state index in [-0.39, 0.29) is 0 Å². The van der Waals surface area contributed by atoms with E-state index in [0.717, 1.165) is 26.8 Å². The summed E-state index contributed by atoms with van der Waals surface area (Å²) in [7, 11) is 0. The van der Waals surface area contributed by atoms with E-state index in [1.165, 1.54) is 0 Å². The maximum atomic E-state index is 5.76. The highest BCUT2D eigenvalue weighted by molar-refractivity contribution is 9.10. The number of nitrogens with zero attached hydrogens (tertiary/aromatic N) is 1. The number of aromatic nitrogens is 1. The van der Waals surface area contributed by atoms with Crippen molar-refractivity contribution in [3.8, 4) is 5.75 Å². The number of halogens is 2. The van der Waals surface area contributed by atoms with Crippen LogP contribution in [-0.2, 0) is 11.9 Å². The van der Waals surface area contributed by atoms with Crippen molar-refractivity contribution in [3.05, 3.63) is 58.3 Å². The molecule has 0 fully saturated rings. The molecule has 0 N–H and O–H groups in total. The molecule has 88 valence electrons. The van der Waals surface area contributed by atoms with E-state index in [1.54, 1.807) is 6.20 Å². The summed E-state index contributed by atoms with van der Waals surface area (Å²) >= 11 is 6.90. The van der Waals surface area contributed by atoms with Gasteiger partial charge >= 0.3 is 0 Å². The van der Waals surface area contributed by atoms with Crippen LogP contribution in [0.15, 0.2) is 47.1 Å². The SMILES string of the molecule is BrCc1cc(Br)ccc1OCc1ccccn1. The van der Waals surface area contributed by atoms with Crippen molar-refractivity contribution in [3.63, 3.8) is 0 Å². The van der Waals surface area contributed by atoms with E-state index in [2.05, 4.69) is 36.8 Å². The van der Waals surface area contributed by atoms with Crippen LogP contribution >= 0.6 is 31.9 Å². The number of hydrogen-bond donors (Lipinski definition) is 0. The summed E-state index contributed by atoms with van der Waals surface area (Å²) in [4.78, 5) is 4.22. The van der Waals surface area contributed by atoms with Crippen LogP contribution in [0.5, 0.6) is 5.75 Å². The molecule has 0 radical (unpaired) electrons. The molecule has 1 heterocycles. The van der Waals surface area contributed by atoms with E-state index in [1.807, 2.05) is 36.4 Å². The molecule has 2 rings (SSSR count). The third-order valence-electron chi connectivity index (χ3n) is 2.27. The van der Waals surface area contributed by atoms with E-state index in [0.29, 0.717) is 6.61 Å². The fourth-order valence-electron chi connectivity index (χ4n) is 1.43. The molecule has 17 heavy (non-hydrogen) atoms. The fourth-order valence-corrected chi connectivity index (χ4v) is 2.28. The third kappa shape index (κ3) is 3.54. The summed E-state index contributed by atoms with van der Waals surface area (Å²) in [5, 5.41) is 0.768. The topological polar surface area (TPSA) is 22.1 Å². The van der Waals surface area contributed by atoms with Gasteiger partial charge in [0.2, 0.25) is 0 Å². The zero-order valence-electron chi connectivity index (χ0n) is 9.07. The summed E-state index contributed by atoms with van der Waals surface area (Å²) in [6.45, 7) is 0.489. The first-order chi connectivity index (χ1) is 8.29. The molecule has 0 aliphatic heterocycles. The van der Waals surface area contributed by atoms with Crippen LogP contribution in [0.25, 0.3) is 0 Å². The van der Waals surface area contributed by atoms with Crippen molar-refractivity contribution in [2.45, 2.75) is 11.9 Å². The number of alkyl halides is 1. The van der Waals surface area contributed by atoms with Crippen molar-refractivity contribution in [1.29, 1.82) is 0 Å². The second kappa shape index (κ2) is 6.17. The molecule has 0 spiro atoms. The van der Waals surface area contributed by atoms with E-state index >= 15 is 0 Å². The molecule has 0 saturated heterocycles. The average Bonchev–Trinajstić information content (AvgIpc) is 2.38. The lowest BCUT2D eigenvalue weighted by atomic mass is 10.2. The Morgan fingerprint density at radius 2 is 2.06 bits per heavy atom. The van der Waals surface area contributed by atoms with Gasteiger partial charge < -0.3 is 4.74 Å². The van der Waals surface area contributed by atoms with Gasteiger partial charge in [-0.2, -0.15) is 0 Å². The van der Waals surface area contributed by atoms with Crippen LogP contribution < -0.4 is 4.74 Å². The van der Waals surface area contributed by atoms with Crippen molar-refractivity contribution in [2.75, 3.05) is 0 Å². The van der Waals surface area contributed by atoms with Crippen molar-refractivity contribution in [2.24, 2.45) is 0 Å². The first kappa shape index (κ1) is 12.6. The first-order valence-electron chi connectivity index (χ1n) is 5.16. The lowest BCUT2D eigenvalue weighted by molar-refractivity contribution is 0.299. The molecular formula is C13H11Br2NO. The van der Waals surface area contributed by atoms with Crippen LogP contribution in [0, 0.1) is 0 Å². The van der Waals surface area contributed by atoms with Crippen molar-refractivity contribution < 1.29 is 4.74 Å². The maximum absolute atomic E-state index is 5.76. The van der Waals surface area contributed by atoms with E-state index < -0.39 is 0 Å². The fraction of sp³-hybridized carbons (Fsp3) is 0.154. The van der Waals surface area contributed by atoms with Gasteiger partial charge in [0.15, 0.2) is 0 Å². The summed E-state index contributed by atoms with van der Waals surface area (Å²) < 4.78 is 6.81. The second-order valence-corrected chi connectivity index (χ2v) is 4.97. The van der Waals surface area contributed by atoms with Gasteiger partial charge in [-0.25, -0.2) is 0 Å². The maximum Gasteiger partial charge on any atom is 0.130 e. The number of benzene rings is 1. The van der Waals surface area contributed by atoms with Gasteiger partial charge in [-0.1, -0.05) is 37.9 Å². The minimum absolute atomic E-state index is 0.489. The number of pyridine rings is 1. The smallest absolute Gasteiger partial charge is 0.130 e. The monoisotopic (exact) mass is 355 g/mol. The summed E-state index contributed by atoms with van der Waals surface area (Å²) in [6.07, 6.45) is 1.77. The Kier molecular flexibility index (Phi) is 4.57. The molecule has 1 aromatic heterocycles. The highest BCUT2D eigenvalue weighted by Crippen LogP contribution is 2.25. The Bertz CT molecular complexity index is 488. The number of rotatable bonds is 4. The van der Waals surface area contributed by atoms with Gasteiger partial charge in [-0.3, -0.25) is 4.98 Å². The lowest BCUT2D eigenvalue weighted by Crippen LogP contribution is -1.99. The van der Waals surface area contributed by atoms with E-state index in [9.17, 15) is 0 Å². The van der Waals surface area contributed by atoms with Gasteiger partial charge in [0.25, 0.3) is 0 Å². The molecule has 0 saturated carbocycles. The Morgan fingerprint density at radius 1 is 1.18 bits per heavy atom. The van der Waals surface area contributed by atoms with Crippen molar-refractivity contribution in [1.82, 2.24) is 4.98 Å². The summed E-state index contributed by atoms with van der Waals surface area (Å²) in [5.41, 5.74) is 2.05. The Morgan fingerprint density at radius 3 is 2.76 bits per heavy atom. The predicted octanol–water partition coefficient (Wildman–Crippen LogP) is 4.32. The molecule has 4 heteroatoms. The van der Waals surface area contributed by atoms with Gasteiger partial charge in [-0.15, -0.1) is 0 Å². The molecule has 0 amide bonds. The van der Waals surface area contributed by atoms with Crippen LogP contribution in [-0.4, -0.2) is 4.98 Å². The zero-order valence-corrected chi connectivity index (χ0v) is 12.2. The highest BCUT2D eigenvalue weighted by atomic mass is 79.9. The Hall–Kier alpha value is -0.870.